The molecule has 2 bridgehead atoms. The molecule has 0 spiro atoms. The molecule has 2 aliphatic heterocycles. The van der Waals surface area contributed by atoms with Gasteiger partial charge < -0.3 is 14.6 Å². The Labute approximate surface area is 146 Å². The van der Waals surface area contributed by atoms with Crippen molar-refractivity contribution in [1.29, 1.82) is 0 Å². The molecule has 2 fully saturated rings. The van der Waals surface area contributed by atoms with E-state index < -0.39 is 73.1 Å². The van der Waals surface area contributed by atoms with Gasteiger partial charge in [0.25, 0.3) is 0 Å². The van der Waals surface area contributed by atoms with Crippen molar-refractivity contribution in [3.05, 3.63) is 36.0 Å². The molecule has 2 aromatic rings. The van der Waals surface area contributed by atoms with Crippen LogP contribution in [0.4, 0.5) is 0 Å². The minimum Gasteiger partial charge on any atom is -0.459 e. The van der Waals surface area contributed by atoms with Crippen molar-refractivity contribution in [3.63, 3.8) is 0 Å². The van der Waals surface area contributed by atoms with Crippen LogP contribution in [0.2, 0.25) is 0 Å². The SMILES string of the molecule is [2H]c1ccc2[nH]cc(C(=O)OC3([2H])C([2H])([2H])[C@]4([2H])N(C([2H])([2H])[2H])[C@]([2H])(C3([2H])[2H])C([2H])([2H])C4([2H])[2H])c2c1[2H]. The molecule has 1 aromatic carbocycles. The molecule has 1 unspecified atom stereocenters. The fraction of sp³-hybridized carbons (Fsp3) is 0.471. The number of fused-ring (bicyclic) bond motifs is 3. The number of piperidine rings is 1. The quantitative estimate of drug-likeness (QED) is 0.867. The maximum atomic E-state index is 13.2. The number of nitrogens with zero attached hydrogens (tertiary/aromatic N) is 1. The maximum Gasteiger partial charge on any atom is 0.340 e. The minimum absolute atomic E-state index is 0.150. The summed E-state index contributed by atoms with van der Waals surface area (Å²) in [5.41, 5.74) is -0.404. The highest BCUT2D eigenvalue weighted by Crippen LogP contribution is 2.35. The highest BCUT2D eigenvalue weighted by Gasteiger charge is 2.40. The third-order valence-electron chi connectivity index (χ3n) is 3.07. The van der Waals surface area contributed by atoms with Crippen LogP contribution in [0.3, 0.4) is 0 Å². The number of aromatic nitrogens is 1. The molecule has 3 heterocycles. The number of hydrogen-bond acceptors (Lipinski definition) is 3. The number of para-hydroxylation sites is 1. The van der Waals surface area contributed by atoms with Crippen LogP contribution >= 0.6 is 0 Å². The van der Waals surface area contributed by atoms with Crippen LogP contribution in [0.15, 0.2) is 30.4 Å². The fourth-order valence-corrected chi connectivity index (χ4v) is 2.07. The zero-order valence-corrected chi connectivity index (χ0v) is 10.5. The molecule has 1 aromatic heterocycles. The van der Waals surface area contributed by atoms with Gasteiger partial charge in [-0.25, -0.2) is 4.79 Å². The van der Waals surface area contributed by atoms with E-state index in [2.05, 4.69) is 4.98 Å². The van der Waals surface area contributed by atoms with E-state index in [1.165, 1.54) is 12.1 Å². The van der Waals surface area contributed by atoms with Crippen LogP contribution in [0.25, 0.3) is 10.9 Å². The minimum atomic E-state index is -4.11. The van der Waals surface area contributed by atoms with Crippen molar-refractivity contribution >= 4 is 16.9 Å². The predicted molar refractivity (Wildman–Crippen MR) is 81.3 cm³/mol. The summed E-state index contributed by atoms with van der Waals surface area (Å²) in [7, 11) is 0. The summed E-state index contributed by atoms with van der Waals surface area (Å²) in [6.45, 7) is -3.80. The Kier molecular flexibility index (Phi) is 1.01. The van der Waals surface area contributed by atoms with Crippen molar-refractivity contribution in [3.8, 4) is 0 Å². The third-order valence-corrected chi connectivity index (χ3v) is 3.07. The summed E-state index contributed by atoms with van der Waals surface area (Å²) in [5, 5.41) is -0.211. The smallest absolute Gasteiger partial charge is 0.340 e. The zero-order chi connectivity index (χ0) is 28.6. The van der Waals surface area contributed by atoms with Crippen LogP contribution in [0, 0.1) is 0 Å². The summed E-state index contributed by atoms with van der Waals surface area (Å²) >= 11 is 0. The fourth-order valence-electron chi connectivity index (χ4n) is 2.07. The van der Waals surface area contributed by atoms with Crippen LogP contribution < -0.4 is 0 Å². The second kappa shape index (κ2) is 4.88. The van der Waals surface area contributed by atoms with Gasteiger partial charge in [-0.05, 0) is 25.8 Å². The van der Waals surface area contributed by atoms with Crippen LogP contribution in [-0.4, -0.2) is 40.9 Å². The zero-order valence-electron chi connectivity index (χ0n) is 26.5. The lowest BCUT2D eigenvalue weighted by molar-refractivity contribution is -0.000258. The van der Waals surface area contributed by atoms with Gasteiger partial charge in [-0.15, -0.1) is 0 Å². The topological polar surface area (TPSA) is 45.3 Å². The van der Waals surface area contributed by atoms with Crippen molar-refractivity contribution in [1.82, 2.24) is 9.88 Å². The molecular weight excluding hydrogens is 264 g/mol. The van der Waals surface area contributed by atoms with E-state index in [0.29, 0.717) is 0 Å². The van der Waals surface area contributed by atoms with E-state index in [4.69, 9.17) is 26.7 Å². The highest BCUT2D eigenvalue weighted by atomic mass is 16.5. The van der Waals surface area contributed by atoms with Crippen molar-refractivity contribution in [2.24, 2.45) is 0 Å². The van der Waals surface area contributed by atoms with Gasteiger partial charge in [0.2, 0.25) is 0 Å². The summed E-state index contributed by atoms with van der Waals surface area (Å²) in [5.74, 6) is -1.66. The van der Waals surface area contributed by atoms with Crippen LogP contribution in [0.5, 0.6) is 0 Å². The molecule has 0 aliphatic carbocycles. The number of carbonyl (C=O) groups is 1. The van der Waals surface area contributed by atoms with Gasteiger partial charge >= 0.3 is 5.97 Å². The lowest BCUT2D eigenvalue weighted by Gasteiger charge is -2.35. The lowest BCUT2D eigenvalue weighted by Crippen LogP contribution is -2.43. The second-order valence-electron chi connectivity index (χ2n) is 4.34. The van der Waals surface area contributed by atoms with Gasteiger partial charge in [0.15, 0.2) is 0 Å². The van der Waals surface area contributed by atoms with E-state index in [1.807, 2.05) is 0 Å². The van der Waals surface area contributed by atoms with Gasteiger partial charge in [-0.1, -0.05) is 18.2 Å². The first kappa shape index (κ1) is 4.35. The molecule has 2 aliphatic rings. The Morgan fingerprint density at radius 2 is 2.38 bits per heavy atom. The Morgan fingerprint density at radius 1 is 1.57 bits per heavy atom. The average molecular weight is 300 g/mol. The third kappa shape index (κ3) is 2.14. The van der Waals surface area contributed by atoms with E-state index in [-0.39, 0.29) is 16.9 Å². The molecule has 2 saturated heterocycles. The summed E-state index contributed by atoms with van der Waals surface area (Å²) in [6.07, 6.45) is -19.1. The number of aromatic amines is 1. The molecule has 4 rings (SSSR count). The van der Waals surface area contributed by atoms with Crippen molar-refractivity contribution in [2.45, 2.75) is 43.6 Å². The number of nitrogens with one attached hydrogen (secondary N) is 1. The second-order valence-corrected chi connectivity index (χ2v) is 4.34. The van der Waals surface area contributed by atoms with E-state index >= 15 is 0 Å². The Morgan fingerprint density at radius 3 is 3.14 bits per heavy atom. The number of esters is 1. The first-order valence-corrected chi connectivity index (χ1v) is 6.02. The maximum absolute atomic E-state index is 13.2. The number of rotatable bonds is 2. The van der Waals surface area contributed by atoms with Crippen molar-refractivity contribution < 1.29 is 31.5 Å². The normalized spacial score (nSPS) is 60.8. The number of ether oxygens (including phenoxy) is 1. The number of hydrogen-bond donors (Lipinski definition) is 1. The number of benzene rings is 1. The molecule has 0 saturated carbocycles. The molecule has 0 radical (unpaired) electrons. The van der Waals surface area contributed by atoms with E-state index in [9.17, 15) is 4.79 Å². The number of carbonyl (C=O) groups excluding carboxylic acids is 1. The van der Waals surface area contributed by atoms with Crippen LogP contribution in [0.1, 0.15) is 57.8 Å². The molecule has 4 nitrogen and oxygen atoms in total. The first-order valence-electron chi connectivity index (χ1n) is 14.0. The summed E-state index contributed by atoms with van der Waals surface area (Å²) in [4.78, 5) is 15.3. The van der Waals surface area contributed by atoms with E-state index in [0.717, 1.165) is 6.20 Å². The van der Waals surface area contributed by atoms with Gasteiger partial charge in [-0.3, -0.25) is 0 Å². The highest BCUT2D eigenvalue weighted by molar-refractivity contribution is 6.04. The van der Waals surface area contributed by atoms with Gasteiger partial charge in [-0.2, -0.15) is 0 Å². The largest absolute Gasteiger partial charge is 0.459 e. The molecule has 3 atom stereocenters. The monoisotopic (exact) mass is 300 g/mol. The molecule has 21 heavy (non-hydrogen) atoms. The van der Waals surface area contributed by atoms with Crippen molar-refractivity contribution in [2.75, 3.05) is 6.98 Å². The predicted octanol–water partition coefficient (Wildman–Crippen LogP) is 2.95. The molecule has 110 valence electrons. The standard InChI is InChI=1S/C17H20N2O2/c1-19-11-6-7-12(19)9-13(8-11)21-17(20)15-10-18-16-5-3-2-4-14(15)16/h2-5,10-13,18H,6-9H2,1H3/t11-,12+,13?/i1D3,2D,4D,6D2,7D2,8D2,9D2,11D,12D,13D. The van der Waals surface area contributed by atoms with Crippen LogP contribution in [-0.2, 0) is 4.74 Å². The summed E-state index contributed by atoms with van der Waals surface area (Å²) in [6, 6.07) is -6.18. The van der Waals surface area contributed by atoms with Gasteiger partial charge in [0.1, 0.15) is 6.08 Å². The van der Waals surface area contributed by atoms with E-state index in [1.54, 1.807) is 0 Å². The summed E-state index contributed by atoms with van der Waals surface area (Å²) < 4.78 is 137. The van der Waals surface area contributed by atoms with Gasteiger partial charge in [0.05, 0.1) is 9.68 Å². The lowest BCUT2D eigenvalue weighted by atomic mass is 10.0. The molecular formula is C17H20N2O2. The molecule has 1 N–H and O–H groups in total. The number of H-pyrrole nitrogens is 1. The molecule has 0 amide bonds. The first-order chi connectivity index (χ1) is 16.4. The Balaban J connectivity index is 2.00. The Bertz CT molecular complexity index is 1280. The average Bonchev–Trinajstić information content (AvgIpc) is 3.21. The molecule has 4 heteroatoms. The Hall–Kier alpha value is -1.81. The van der Waals surface area contributed by atoms with Gasteiger partial charge in [0, 0.05) is 59.7 Å².